The Morgan fingerprint density at radius 2 is 1.97 bits per heavy atom. The molecule has 2 aliphatic rings. The second kappa shape index (κ2) is 9.89. The van der Waals surface area contributed by atoms with Gasteiger partial charge in [0, 0.05) is 53.8 Å². The highest BCUT2D eigenvalue weighted by atomic mass is 35.5. The highest BCUT2D eigenvalue weighted by Crippen LogP contribution is 2.39. The molecule has 3 aromatic rings. The number of hydrogen-bond donors (Lipinski definition) is 3. The largest absolute Gasteiger partial charge is 0.371 e. The van der Waals surface area contributed by atoms with Gasteiger partial charge in [-0.3, -0.25) is 9.78 Å². The molecule has 1 amide bonds. The molecular formula is C24H25ClN6OS. The molecule has 1 aromatic carbocycles. The molecule has 1 atom stereocenters. The van der Waals surface area contributed by atoms with Crippen molar-refractivity contribution >= 4 is 46.5 Å². The normalized spacial score (nSPS) is 17.8. The first-order valence-electron chi connectivity index (χ1n) is 11.0. The van der Waals surface area contributed by atoms with Gasteiger partial charge in [0.1, 0.15) is 5.82 Å². The summed E-state index contributed by atoms with van der Waals surface area (Å²) in [5, 5.41) is 10.5. The van der Waals surface area contributed by atoms with Crippen LogP contribution in [-0.4, -0.2) is 41.0 Å². The molecule has 4 heterocycles. The predicted molar refractivity (Wildman–Crippen MR) is 134 cm³/mol. The van der Waals surface area contributed by atoms with Crippen LogP contribution in [0.5, 0.6) is 0 Å². The maximum Gasteiger partial charge on any atom is 0.257 e. The van der Waals surface area contributed by atoms with Crippen molar-refractivity contribution in [1.82, 2.24) is 15.3 Å². The van der Waals surface area contributed by atoms with Crippen LogP contribution >= 0.6 is 23.4 Å². The summed E-state index contributed by atoms with van der Waals surface area (Å²) in [6.07, 6.45) is 7.57. The molecule has 0 bridgehead atoms. The van der Waals surface area contributed by atoms with Gasteiger partial charge in [-0.2, -0.15) is 0 Å². The number of amides is 1. The van der Waals surface area contributed by atoms with E-state index in [1.165, 1.54) is 17.4 Å². The lowest BCUT2D eigenvalue weighted by Crippen LogP contribution is -2.37. The van der Waals surface area contributed by atoms with Crippen molar-refractivity contribution in [2.75, 3.05) is 35.2 Å². The van der Waals surface area contributed by atoms with E-state index in [4.69, 9.17) is 11.6 Å². The summed E-state index contributed by atoms with van der Waals surface area (Å²) >= 11 is 7.62. The van der Waals surface area contributed by atoms with Gasteiger partial charge in [-0.15, -0.1) is 0 Å². The predicted octanol–water partition coefficient (Wildman–Crippen LogP) is 4.69. The molecule has 7 nitrogen and oxygen atoms in total. The second-order valence-electron chi connectivity index (χ2n) is 8.17. The van der Waals surface area contributed by atoms with E-state index in [0.29, 0.717) is 22.3 Å². The lowest BCUT2D eigenvalue weighted by atomic mass is 9.96. The van der Waals surface area contributed by atoms with Crippen LogP contribution < -0.4 is 20.9 Å². The summed E-state index contributed by atoms with van der Waals surface area (Å²) < 4.78 is 0. The minimum Gasteiger partial charge on any atom is -0.371 e. The molecule has 3 N–H and O–H groups in total. The number of pyridine rings is 2. The van der Waals surface area contributed by atoms with Crippen molar-refractivity contribution in [2.24, 2.45) is 5.92 Å². The Kier molecular flexibility index (Phi) is 6.55. The summed E-state index contributed by atoms with van der Waals surface area (Å²) in [5.41, 5.74) is 2.49. The second-order valence-corrected chi connectivity index (χ2v) is 9.76. The van der Waals surface area contributed by atoms with E-state index in [2.05, 4.69) is 43.0 Å². The number of thioether (sulfide) groups is 1. The molecule has 33 heavy (non-hydrogen) atoms. The standard InChI is InChI=1S/C24H25ClN6OS/c25-17-3-4-20-21(14-17)33-24(29-20)30-23(32)19-2-1-9-27-22(19)28-15-16-7-12-31(13-8-16)18-5-10-26-11-6-18/h1-6,9-11,14,16,24,29H,7-8,12-13,15H2,(H,27,28)(H,30,32). The highest BCUT2D eigenvalue weighted by Gasteiger charge is 2.25. The molecule has 2 aliphatic heterocycles. The number of anilines is 3. The van der Waals surface area contributed by atoms with E-state index in [1.54, 1.807) is 18.3 Å². The van der Waals surface area contributed by atoms with E-state index < -0.39 is 0 Å². The van der Waals surface area contributed by atoms with E-state index >= 15 is 0 Å². The van der Waals surface area contributed by atoms with Gasteiger partial charge < -0.3 is 20.9 Å². The van der Waals surface area contributed by atoms with Crippen LogP contribution in [0.2, 0.25) is 5.02 Å². The molecule has 1 fully saturated rings. The number of halogens is 1. The van der Waals surface area contributed by atoms with E-state index in [1.807, 2.05) is 30.6 Å². The molecule has 0 aliphatic carbocycles. The van der Waals surface area contributed by atoms with Gasteiger partial charge in [0.25, 0.3) is 5.91 Å². The maximum absolute atomic E-state index is 13.0. The van der Waals surface area contributed by atoms with Gasteiger partial charge in [-0.05, 0) is 61.2 Å². The number of hydrogen-bond acceptors (Lipinski definition) is 7. The lowest BCUT2D eigenvalue weighted by molar-refractivity contribution is 0.0953. The molecule has 1 unspecified atom stereocenters. The van der Waals surface area contributed by atoms with Crippen LogP contribution in [0.25, 0.3) is 0 Å². The van der Waals surface area contributed by atoms with Crippen molar-refractivity contribution in [2.45, 2.75) is 23.2 Å². The number of rotatable bonds is 6. The molecule has 0 radical (unpaired) electrons. The van der Waals surface area contributed by atoms with Crippen molar-refractivity contribution in [3.05, 3.63) is 71.6 Å². The molecule has 0 saturated carbocycles. The number of carbonyl (C=O) groups is 1. The van der Waals surface area contributed by atoms with E-state index in [9.17, 15) is 4.79 Å². The first-order valence-corrected chi connectivity index (χ1v) is 12.3. The third-order valence-corrected chi connectivity index (χ3v) is 7.29. The lowest BCUT2D eigenvalue weighted by Gasteiger charge is -2.33. The van der Waals surface area contributed by atoms with Crippen LogP contribution in [0.4, 0.5) is 17.2 Å². The molecule has 9 heteroatoms. The Balaban J connectivity index is 1.16. The Bertz CT molecular complexity index is 1120. The molecule has 1 saturated heterocycles. The van der Waals surface area contributed by atoms with Gasteiger partial charge in [-0.25, -0.2) is 4.98 Å². The van der Waals surface area contributed by atoms with Crippen molar-refractivity contribution in [3.63, 3.8) is 0 Å². The molecule has 5 rings (SSSR count). The van der Waals surface area contributed by atoms with Crippen LogP contribution in [0.3, 0.4) is 0 Å². The first kappa shape index (κ1) is 21.9. The van der Waals surface area contributed by atoms with E-state index in [-0.39, 0.29) is 11.4 Å². The average Bonchev–Trinajstić information content (AvgIpc) is 3.25. The summed E-state index contributed by atoms with van der Waals surface area (Å²) in [6, 6.07) is 13.4. The third kappa shape index (κ3) is 5.17. The topological polar surface area (TPSA) is 82.2 Å². The average molecular weight is 481 g/mol. The van der Waals surface area contributed by atoms with Crippen LogP contribution in [0.1, 0.15) is 23.2 Å². The summed E-state index contributed by atoms with van der Waals surface area (Å²) in [4.78, 5) is 25.0. The van der Waals surface area contributed by atoms with Gasteiger partial charge >= 0.3 is 0 Å². The van der Waals surface area contributed by atoms with Gasteiger partial charge in [0.05, 0.1) is 11.3 Å². The van der Waals surface area contributed by atoms with E-state index in [0.717, 1.165) is 43.1 Å². The summed E-state index contributed by atoms with van der Waals surface area (Å²) in [7, 11) is 0. The summed E-state index contributed by atoms with van der Waals surface area (Å²) in [6.45, 7) is 2.82. The molecular weight excluding hydrogens is 456 g/mol. The highest BCUT2D eigenvalue weighted by molar-refractivity contribution is 8.00. The monoisotopic (exact) mass is 480 g/mol. The van der Waals surface area contributed by atoms with Crippen molar-refractivity contribution < 1.29 is 4.79 Å². The van der Waals surface area contributed by atoms with Gasteiger partial charge in [-0.1, -0.05) is 23.4 Å². The third-order valence-electron chi connectivity index (χ3n) is 5.99. The van der Waals surface area contributed by atoms with Gasteiger partial charge in [0.2, 0.25) is 0 Å². The Morgan fingerprint density at radius 1 is 1.15 bits per heavy atom. The molecule has 2 aromatic heterocycles. The maximum atomic E-state index is 13.0. The van der Waals surface area contributed by atoms with Crippen LogP contribution in [0.15, 0.2) is 66.0 Å². The summed E-state index contributed by atoms with van der Waals surface area (Å²) in [5.74, 6) is 0.990. The number of nitrogens with one attached hydrogen (secondary N) is 3. The fourth-order valence-corrected chi connectivity index (χ4v) is 5.49. The number of benzene rings is 1. The fraction of sp³-hybridized carbons (Fsp3) is 0.292. The Hall–Kier alpha value is -2.97. The molecule has 170 valence electrons. The number of nitrogens with zero attached hydrogens (tertiary/aromatic N) is 3. The fourth-order valence-electron chi connectivity index (χ4n) is 4.19. The van der Waals surface area contributed by atoms with Crippen molar-refractivity contribution in [3.8, 4) is 0 Å². The van der Waals surface area contributed by atoms with Crippen LogP contribution in [0, 0.1) is 5.92 Å². The number of carbonyl (C=O) groups excluding carboxylic acids is 1. The minimum absolute atomic E-state index is 0.165. The number of fused-ring (bicyclic) bond motifs is 1. The van der Waals surface area contributed by atoms with Gasteiger partial charge in [0.15, 0.2) is 5.50 Å². The van der Waals surface area contributed by atoms with Crippen LogP contribution in [-0.2, 0) is 0 Å². The molecule has 0 spiro atoms. The quantitative estimate of drug-likeness (QED) is 0.472. The van der Waals surface area contributed by atoms with Crippen molar-refractivity contribution in [1.29, 1.82) is 0 Å². The zero-order chi connectivity index (χ0) is 22.6. The smallest absolute Gasteiger partial charge is 0.257 e. The Labute approximate surface area is 202 Å². The number of piperidine rings is 1. The Morgan fingerprint density at radius 3 is 2.79 bits per heavy atom. The first-order chi connectivity index (χ1) is 16.2. The zero-order valence-corrected chi connectivity index (χ0v) is 19.6. The number of aromatic nitrogens is 2. The zero-order valence-electron chi connectivity index (χ0n) is 18.0. The SMILES string of the molecule is O=C(NC1Nc2ccc(Cl)cc2S1)c1cccnc1NCC1CCN(c2ccncc2)CC1. The minimum atomic E-state index is -0.253.